The lowest BCUT2D eigenvalue weighted by atomic mass is 9.95. The van der Waals surface area contributed by atoms with E-state index in [2.05, 4.69) is 13.8 Å². The summed E-state index contributed by atoms with van der Waals surface area (Å²) in [5.74, 6) is 0.336. The molecule has 0 fully saturated rings. The van der Waals surface area contributed by atoms with Gasteiger partial charge in [0, 0.05) is 9.58 Å². The van der Waals surface area contributed by atoms with Crippen molar-refractivity contribution < 1.29 is 9.50 Å². The normalized spacial score (nSPS) is 13.4. The first-order chi connectivity index (χ1) is 8.63. The molecule has 0 radical (unpaired) electrons. The standard InChI is InChI=1S/C15H19FOS/c1-3-10(4-2)7-13(17)15-9-11-8-12(16)5-6-14(11)18-15/h5-6,8-10,13,17H,3-4,7H2,1-2H3. The van der Waals surface area contributed by atoms with E-state index in [1.54, 1.807) is 17.4 Å². The molecule has 1 atom stereocenters. The van der Waals surface area contributed by atoms with Crippen LogP contribution in [-0.4, -0.2) is 5.11 Å². The van der Waals surface area contributed by atoms with E-state index in [1.807, 2.05) is 6.07 Å². The monoisotopic (exact) mass is 266 g/mol. The molecular formula is C15H19FOS. The molecule has 0 aliphatic rings. The van der Waals surface area contributed by atoms with Crippen molar-refractivity contribution in [1.29, 1.82) is 0 Å². The molecule has 3 heteroatoms. The molecule has 1 heterocycles. The third-order valence-corrected chi connectivity index (χ3v) is 4.75. The largest absolute Gasteiger partial charge is 0.388 e. The van der Waals surface area contributed by atoms with Crippen molar-refractivity contribution in [3.8, 4) is 0 Å². The molecule has 0 aliphatic heterocycles. The first kappa shape index (κ1) is 13.5. The van der Waals surface area contributed by atoms with E-state index in [1.165, 1.54) is 12.1 Å². The molecule has 0 aliphatic carbocycles. The van der Waals surface area contributed by atoms with E-state index in [0.29, 0.717) is 5.92 Å². The second-order valence-electron chi connectivity index (χ2n) is 4.76. The number of aliphatic hydroxyl groups excluding tert-OH is 1. The van der Waals surface area contributed by atoms with Gasteiger partial charge in [0.15, 0.2) is 0 Å². The quantitative estimate of drug-likeness (QED) is 0.816. The lowest BCUT2D eigenvalue weighted by Crippen LogP contribution is -2.04. The highest BCUT2D eigenvalue weighted by Gasteiger charge is 2.16. The van der Waals surface area contributed by atoms with Gasteiger partial charge in [0.25, 0.3) is 0 Å². The van der Waals surface area contributed by atoms with Crippen LogP contribution in [-0.2, 0) is 0 Å². The molecule has 1 aromatic heterocycles. The smallest absolute Gasteiger partial charge is 0.123 e. The fourth-order valence-electron chi connectivity index (χ4n) is 2.25. The molecule has 0 saturated carbocycles. The summed E-state index contributed by atoms with van der Waals surface area (Å²) in [4.78, 5) is 0.947. The molecular weight excluding hydrogens is 247 g/mol. The third kappa shape index (κ3) is 2.90. The third-order valence-electron chi connectivity index (χ3n) is 3.54. The molecule has 0 amide bonds. The predicted molar refractivity (Wildman–Crippen MR) is 75.4 cm³/mol. The molecule has 2 rings (SSSR count). The maximum absolute atomic E-state index is 13.1. The summed E-state index contributed by atoms with van der Waals surface area (Å²) in [6, 6.07) is 6.69. The minimum atomic E-state index is -0.421. The lowest BCUT2D eigenvalue weighted by molar-refractivity contribution is 0.144. The van der Waals surface area contributed by atoms with E-state index >= 15 is 0 Å². The van der Waals surface area contributed by atoms with Crippen molar-refractivity contribution in [2.24, 2.45) is 5.92 Å². The first-order valence-corrected chi connectivity index (χ1v) is 7.32. The number of halogens is 1. The van der Waals surface area contributed by atoms with Crippen molar-refractivity contribution >= 4 is 21.4 Å². The Kier molecular flexibility index (Phi) is 4.36. The van der Waals surface area contributed by atoms with Gasteiger partial charge in [-0.1, -0.05) is 26.7 Å². The minimum Gasteiger partial charge on any atom is -0.388 e. The van der Waals surface area contributed by atoms with E-state index in [0.717, 1.165) is 34.2 Å². The van der Waals surface area contributed by atoms with E-state index < -0.39 is 6.10 Å². The highest BCUT2D eigenvalue weighted by molar-refractivity contribution is 7.19. The maximum atomic E-state index is 13.1. The fraction of sp³-hybridized carbons (Fsp3) is 0.467. The molecule has 0 saturated heterocycles. The van der Waals surface area contributed by atoms with Crippen molar-refractivity contribution in [3.05, 3.63) is 35.0 Å². The lowest BCUT2D eigenvalue weighted by Gasteiger charge is -2.15. The van der Waals surface area contributed by atoms with E-state index in [-0.39, 0.29) is 5.82 Å². The van der Waals surface area contributed by atoms with E-state index in [4.69, 9.17) is 0 Å². The topological polar surface area (TPSA) is 20.2 Å². The van der Waals surface area contributed by atoms with Crippen LogP contribution in [0.15, 0.2) is 24.3 Å². The highest BCUT2D eigenvalue weighted by atomic mass is 32.1. The summed E-state index contributed by atoms with van der Waals surface area (Å²) in [5.41, 5.74) is 0. The molecule has 2 aromatic rings. The summed E-state index contributed by atoms with van der Waals surface area (Å²) in [5, 5.41) is 11.1. The van der Waals surface area contributed by atoms with Gasteiger partial charge in [0.05, 0.1) is 6.10 Å². The second kappa shape index (κ2) is 5.81. The van der Waals surface area contributed by atoms with Crippen LogP contribution in [0, 0.1) is 11.7 Å². The summed E-state index contributed by atoms with van der Waals surface area (Å²) in [6.07, 6.45) is 2.55. The van der Waals surface area contributed by atoms with Gasteiger partial charge < -0.3 is 5.11 Å². The van der Waals surface area contributed by atoms with Gasteiger partial charge in [-0.25, -0.2) is 4.39 Å². The van der Waals surface area contributed by atoms with Gasteiger partial charge in [0.1, 0.15) is 5.82 Å². The Balaban J connectivity index is 2.20. The van der Waals surface area contributed by atoms with Gasteiger partial charge in [-0.2, -0.15) is 0 Å². The first-order valence-electron chi connectivity index (χ1n) is 6.51. The van der Waals surface area contributed by atoms with Crippen molar-refractivity contribution in [2.75, 3.05) is 0 Å². The Hall–Kier alpha value is -0.930. The van der Waals surface area contributed by atoms with Crippen LogP contribution in [0.3, 0.4) is 0 Å². The molecule has 0 spiro atoms. The van der Waals surface area contributed by atoms with Crippen molar-refractivity contribution in [2.45, 2.75) is 39.2 Å². The SMILES string of the molecule is CCC(CC)CC(O)c1cc2cc(F)ccc2s1. The van der Waals surface area contributed by atoms with Crippen LogP contribution in [0.1, 0.15) is 44.1 Å². The number of aliphatic hydroxyl groups is 1. The maximum Gasteiger partial charge on any atom is 0.123 e. The van der Waals surface area contributed by atoms with Crippen LogP contribution < -0.4 is 0 Å². The van der Waals surface area contributed by atoms with Crippen molar-refractivity contribution in [1.82, 2.24) is 0 Å². The average Bonchev–Trinajstić information content (AvgIpc) is 2.78. The van der Waals surface area contributed by atoms with Crippen LogP contribution >= 0.6 is 11.3 Å². The molecule has 98 valence electrons. The van der Waals surface area contributed by atoms with Crippen LogP contribution in [0.5, 0.6) is 0 Å². The zero-order chi connectivity index (χ0) is 13.1. The highest BCUT2D eigenvalue weighted by Crippen LogP contribution is 2.34. The molecule has 1 N–H and O–H groups in total. The summed E-state index contributed by atoms with van der Waals surface area (Å²) in [6.45, 7) is 4.31. The molecule has 1 unspecified atom stereocenters. The number of hydrogen-bond acceptors (Lipinski definition) is 2. The zero-order valence-electron chi connectivity index (χ0n) is 10.8. The van der Waals surface area contributed by atoms with Crippen molar-refractivity contribution in [3.63, 3.8) is 0 Å². The summed E-state index contributed by atoms with van der Waals surface area (Å²) < 4.78 is 14.1. The summed E-state index contributed by atoms with van der Waals surface area (Å²) >= 11 is 1.56. The predicted octanol–water partition coefficient (Wildman–Crippen LogP) is 4.90. The number of thiophene rings is 1. The number of hydrogen-bond donors (Lipinski definition) is 1. The van der Waals surface area contributed by atoms with E-state index in [9.17, 15) is 9.50 Å². The molecule has 1 aromatic carbocycles. The van der Waals surface area contributed by atoms with Crippen LogP contribution in [0.2, 0.25) is 0 Å². The fourth-order valence-corrected chi connectivity index (χ4v) is 3.30. The Bertz CT molecular complexity index is 516. The van der Waals surface area contributed by atoms with Crippen LogP contribution in [0.4, 0.5) is 4.39 Å². The van der Waals surface area contributed by atoms with Gasteiger partial charge >= 0.3 is 0 Å². The van der Waals surface area contributed by atoms with Gasteiger partial charge in [-0.15, -0.1) is 11.3 Å². The van der Waals surface area contributed by atoms with Gasteiger partial charge in [-0.3, -0.25) is 0 Å². The Labute approximate surface area is 111 Å². The number of benzene rings is 1. The molecule has 1 nitrogen and oxygen atoms in total. The zero-order valence-corrected chi connectivity index (χ0v) is 11.6. The number of fused-ring (bicyclic) bond motifs is 1. The van der Waals surface area contributed by atoms with Crippen LogP contribution in [0.25, 0.3) is 10.1 Å². The Morgan fingerprint density at radius 2 is 1.94 bits per heavy atom. The average molecular weight is 266 g/mol. The summed E-state index contributed by atoms with van der Waals surface area (Å²) in [7, 11) is 0. The second-order valence-corrected chi connectivity index (χ2v) is 5.88. The van der Waals surface area contributed by atoms with Gasteiger partial charge in [0.2, 0.25) is 0 Å². The molecule has 0 bridgehead atoms. The Morgan fingerprint density at radius 3 is 2.61 bits per heavy atom. The minimum absolute atomic E-state index is 0.221. The Morgan fingerprint density at radius 1 is 1.22 bits per heavy atom. The molecule has 18 heavy (non-hydrogen) atoms. The number of rotatable bonds is 5. The van der Waals surface area contributed by atoms with Gasteiger partial charge in [-0.05, 0) is 42.0 Å².